The van der Waals surface area contributed by atoms with Gasteiger partial charge >= 0.3 is 0 Å². The van der Waals surface area contributed by atoms with Crippen LogP contribution in [0.15, 0.2) is 12.1 Å². The molecule has 1 aromatic carbocycles. The van der Waals surface area contributed by atoms with Crippen molar-refractivity contribution in [3.63, 3.8) is 0 Å². The van der Waals surface area contributed by atoms with Crippen LogP contribution >= 0.6 is 11.8 Å². The number of hydrogen-bond donors (Lipinski definition) is 2. The molecule has 1 saturated heterocycles. The van der Waals surface area contributed by atoms with Crippen molar-refractivity contribution in [2.24, 2.45) is 0 Å². The summed E-state index contributed by atoms with van der Waals surface area (Å²) >= 11 is 1.80. The minimum atomic E-state index is -0.901. The Morgan fingerprint density at radius 2 is 2.10 bits per heavy atom. The molecular formula is C12H14FN3O3S. The Hall–Kier alpha value is -1.83. The number of rotatable bonds is 3. The summed E-state index contributed by atoms with van der Waals surface area (Å²) in [4.78, 5) is 22.2. The number of carbonyl (C=O) groups excluding carboxylic acids is 1. The van der Waals surface area contributed by atoms with Crippen molar-refractivity contribution in [1.29, 1.82) is 0 Å². The van der Waals surface area contributed by atoms with Crippen molar-refractivity contribution in [1.82, 2.24) is 5.32 Å². The fourth-order valence-corrected chi connectivity index (χ4v) is 3.12. The topological polar surface area (TPSA) is 98.3 Å². The molecule has 108 valence electrons. The van der Waals surface area contributed by atoms with Crippen molar-refractivity contribution < 1.29 is 14.1 Å². The van der Waals surface area contributed by atoms with Gasteiger partial charge < -0.3 is 11.1 Å². The molecule has 3 N–H and O–H groups in total. The van der Waals surface area contributed by atoms with E-state index in [1.807, 2.05) is 0 Å². The molecule has 0 aliphatic carbocycles. The summed E-state index contributed by atoms with van der Waals surface area (Å²) in [5.41, 5.74) is 4.33. The van der Waals surface area contributed by atoms with E-state index in [0.29, 0.717) is 6.07 Å². The second kappa shape index (κ2) is 6.08. The van der Waals surface area contributed by atoms with Crippen LogP contribution in [0.5, 0.6) is 0 Å². The number of nitro groups is 1. The molecule has 0 aromatic heterocycles. The zero-order chi connectivity index (χ0) is 14.7. The van der Waals surface area contributed by atoms with E-state index in [4.69, 9.17) is 5.73 Å². The molecule has 1 heterocycles. The average molecular weight is 299 g/mol. The fourth-order valence-electron chi connectivity index (χ4n) is 2.02. The van der Waals surface area contributed by atoms with E-state index in [1.54, 1.807) is 11.8 Å². The Morgan fingerprint density at radius 1 is 1.45 bits per heavy atom. The first-order chi connectivity index (χ1) is 9.49. The largest absolute Gasteiger partial charge is 0.396 e. The molecule has 1 aliphatic heterocycles. The van der Waals surface area contributed by atoms with Crippen molar-refractivity contribution in [3.8, 4) is 0 Å². The molecule has 0 spiro atoms. The molecule has 0 unspecified atom stereocenters. The van der Waals surface area contributed by atoms with Gasteiger partial charge in [-0.15, -0.1) is 0 Å². The molecule has 2 rings (SSSR count). The highest BCUT2D eigenvalue weighted by Crippen LogP contribution is 2.25. The van der Waals surface area contributed by atoms with E-state index in [9.17, 15) is 19.3 Å². The van der Waals surface area contributed by atoms with Gasteiger partial charge in [0, 0.05) is 6.04 Å². The number of hydrogen-bond acceptors (Lipinski definition) is 5. The third kappa shape index (κ3) is 3.19. The number of nitro benzene ring substituents is 1. The van der Waals surface area contributed by atoms with Crippen molar-refractivity contribution >= 4 is 29.0 Å². The molecule has 6 nitrogen and oxygen atoms in total. The van der Waals surface area contributed by atoms with E-state index < -0.39 is 22.3 Å². The highest BCUT2D eigenvalue weighted by Gasteiger charge is 2.25. The first-order valence-corrected chi connectivity index (χ1v) is 7.26. The average Bonchev–Trinajstić information content (AvgIpc) is 2.42. The molecule has 0 atom stereocenters. The predicted octanol–water partition coefficient (Wildman–Crippen LogP) is 1.94. The van der Waals surface area contributed by atoms with Gasteiger partial charge in [0.2, 0.25) is 0 Å². The second-order valence-electron chi connectivity index (χ2n) is 4.51. The van der Waals surface area contributed by atoms with Gasteiger partial charge in [0.05, 0.1) is 16.7 Å². The van der Waals surface area contributed by atoms with Crippen LogP contribution in [0.4, 0.5) is 15.8 Å². The Morgan fingerprint density at radius 3 is 2.70 bits per heavy atom. The summed E-state index contributed by atoms with van der Waals surface area (Å²) in [5.74, 6) is 0.402. The van der Waals surface area contributed by atoms with Crippen LogP contribution in [-0.2, 0) is 0 Å². The molecular weight excluding hydrogens is 285 g/mol. The lowest BCUT2D eigenvalue weighted by Crippen LogP contribution is -2.37. The molecule has 1 amide bonds. The predicted molar refractivity (Wildman–Crippen MR) is 75.3 cm³/mol. The molecule has 1 aromatic rings. The summed E-state index contributed by atoms with van der Waals surface area (Å²) in [7, 11) is 0. The monoisotopic (exact) mass is 299 g/mol. The standard InChI is InChI=1S/C12H14FN3O3S/c13-9-6-11(16(18)19)8(5-10(9)14)12(17)15-7-1-3-20-4-2-7/h5-7H,1-4,14H2,(H,15,17). The van der Waals surface area contributed by atoms with E-state index in [-0.39, 0.29) is 17.3 Å². The lowest BCUT2D eigenvalue weighted by Gasteiger charge is -2.22. The highest BCUT2D eigenvalue weighted by molar-refractivity contribution is 7.99. The Kier molecular flexibility index (Phi) is 4.43. The number of nitrogens with one attached hydrogen (secondary N) is 1. The van der Waals surface area contributed by atoms with Gasteiger partial charge in [0.1, 0.15) is 5.56 Å². The molecule has 1 aliphatic rings. The number of nitrogen functional groups attached to an aromatic ring is 1. The number of thioether (sulfide) groups is 1. The van der Waals surface area contributed by atoms with Gasteiger partial charge in [0.25, 0.3) is 11.6 Å². The van der Waals surface area contributed by atoms with Gasteiger partial charge in [-0.1, -0.05) is 0 Å². The van der Waals surface area contributed by atoms with Gasteiger partial charge in [-0.05, 0) is 30.4 Å². The SMILES string of the molecule is Nc1cc(C(=O)NC2CCSCC2)c([N+](=O)[O-])cc1F. The Balaban J connectivity index is 2.23. The molecule has 20 heavy (non-hydrogen) atoms. The third-order valence-electron chi connectivity index (χ3n) is 3.11. The maximum absolute atomic E-state index is 13.3. The summed E-state index contributed by atoms with van der Waals surface area (Å²) in [6.45, 7) is 0. The van der Waals surface area contributed by atoms with E-state index in [1.165, 1.54) is 0 Å². The van der Waals surface area contributed by atoms with Crippen LogP contribution in [0.25, 0.3) is 0 Å². The summed E-state index contributed by atoms with van der Waals surface area (Å²) in [6.07, 6.45) is 1.64. The van der Waals surface area contributed by atoms with Crippen LogP contribution in [-0.4, -0.2) is 28.4 Å². The van der Waals surface area contributed by atoms with Crippen LogP contribution < -0.4 is 11.1 Å². The smallest absolute Gasteiger partial charge is 0.285 e. The van der Waals surface area contributed by atoms with E-state index in [0.717, 1.165) is 30.4 Å². The normalized spacial score (nSPS) is 15.8. The van der Waals surface area contributed by atoms with E-state index in [2.05, 4.69) is 5.32 Å². The molecule has 0 saturated carbocycles. The van der Waals surface area contributed by atoms with E-state index >= 15 is 0 Å². The van der Waals surface area contributed by atoms with Crippen molar-refractivity contribution in [2.75, 3.05) is 17.2 Å². The van der Waals surface area contributed by atoms with Gasteiger partial charge in [-0.25, -0.2) is 4.39 Å². The first kappa shape index (κ1) is 14.6. The number of benzene rings is 1. The molecule has 1 fully saturated rings. The Bertz CT molecular complexity index is 547. The minimum Gasteiger partial charge on any atom is -0.396 e. The summed E-state index contributed by atoms with van der Waals surface area (Å²) < 4.78 is 13.3. The van der Waals surface area contributed by atoms with Crippen molar-refractivity contribution in [2.45, 2.75) is 18.9 Å². The van der Waals surface area contributed by atoms with Crippen LogP contribution in [0, 0.1) is 15.9 Å². The van der Waals surface area contributed by atoms with Gasteiger partial charge in [0.15, 0.2) is 5.82 Å². The molecule has 0 bridgehead atoms. The van der Waals surface area contributed by atoms with Gasteiger partial charge in [-0.2, -0.15) is 11.8 Å². The number of anilines is 1. The number of nitrogens with zero attached hydrogens (tertiary/aromatic N) is 1. The zero-order valence-electron chi connectivity index (χ0n) is 10.6. The number of halogens is 1. The summed E-state index contributed by atoms with van der Waals surface area (Å²) in [5, 5.41) is 13.6. The third-order valence-corrected chi connectivity index (χ3v) is 4.16. The van der Waals surface area contributed by atoms with Crippen LogP contribution in [0.3, 0.4) is 0 Å². The number of amides is 1. The number of nitrogens with two attached hydrogens (primary N) is 1. The highest BCUT2D eigenvalue weighted by atomic mass is 32.2. The second-order valence-corrected chi connectivity index (χ2v) is 5.73. The quantitative estimate of drug-likeness (QED) is 0.505. The Labute approximate surface area is 119 Å². The lowest BCUT2D eigenvalue weighted by atomic mass is 10.1. The summed E-state index contributed by atoms with van der Waals surface area (Å²) in [6, 6.07) is 1.69. The molecule has 0 radical (unpaired) electrons. The zero-order valence-corrected chi connectivity index (χ0v) is 11.4. The lowest BCUT2D eigenvalue weighted by molar-refractivity contribution is -0.385. The van der Waals surface area contributed by atoms with Crippen LogP contribution in [0.1, 0.15) is 23.2 Å². The first-order valence-electron chi connectivity index (χ1n) is 6.11. The van der Waals surface area contributed by atoms with Crippen molar-refractivity contribution in [3.05, 3.63) is 33.6 Å². The maximum Gasteiger partial charge on any atom is 0.285 e. The fraction of sp³-hybridized carbons (Fsp3) is 0.417. The number of carbonyl (C=O) groups is 1. The van der Waals surface area contributed by atoms with Gasteiger partial charge in [-0.3, -0.25) is 14.9 Å². The van der Waals surface area contributed by atoms with Crippen LogP contribution in [0.2, 0.25) is 0 Å². The molecule has 8 heteroatoms. The minimum absolute atomic E-state index is 0.00497. The maximum atomic E-state index is 13.3.